The topological polar surface area (TPSA) is 47.3 Å². The van der Waals surface area contributed by atoms with E-state index in [0.29, 0.717) is 12.0 Å². The molecule has 20 heavy (non-hydrogen) atoms. The Hall–Kier alpha value is -0.680. The molecule has 5 heteroatoms. The maximum absolute atomic E-state index is 13.1. The molecule has 1 aliphatic rings. The lowest BCUT2D eigenvalue weighted by molar-refractivity contribution is -0.0290. The van der Waals surface area contributed by atoms with Gasteiger partial charge in [-0.1, -0.05) is 17.7 Å². The molecular weight excluding hydrogens is 279 g/mol. The van der Waals surface area contributed by atoms with Crippen molar-refractivity contribution >= 4 is 11.6 Å². The maximum atomic E-state index is 13.1. The summed E-state index contributed by atoms with van der Waals surface area (Å²) in [6, 6.07) is 5.02. The Balaban J connectivity index is 1.82. The first-order chi connectivity index (χ1) is 9.62. The average Bonchev–Trinajstić information content (AvgIpc) is 2.39. The summed E-state index contributed by atoms with van der Waals surface area (Å²) < 4.78 is 18.7. The second kappa shape index (κ2) is 7.36. The van der Waals surface area contributed by atoms with E-state index in [4.69, 9.17) is 22.2 Å². The molecule has 3 nitrogen and oxygen atoms in total. The fourth-order valence-corrected chi connectivity index (χ4v) is 3.01. The molecule has 1 fully saturated rings. The van der Waals surface area contributed by atoms with Gasteiger partial charge in [-0.2, -0.15) is 0 Å². The molecule has 0 spiro atoms. The van der Waals surface area contributed by atoms with E-state index < -0.39 is 0 Å². The SMILES string of the molecule is CCOC1CC(CC(Cc2ccc(F)c(Cl)c2)NN)C1. The van der Waals surface area contributed by atoms with E-state index in [2.05, 4.69) is 5.43 Å². The highest BCUT2D eigenvalue weighted by atomic mass is 35.5. The second-order valence-corrected chi connectivity index (χ2v) is 5.87. The Morgan fingerprint density at radius 1 is 1.50 bits per heavy atom. The third-order valence-electron chi connectivity index (χ3n) is 3.91. The molecule has 1 aliphatic carbocycles. The number of benzene rings is 1. The summed E-state index contributed by atoms with van der Waals surface area (Å²) >= 11 is 5.80. The highest BCUT2D eigenvalue weighted by Gasteiger charge is 2.31. The summed E-state index contributed by atoms with van der Waals surface area (Å²) in [4.78, 5) is 0. The lowest BCUT2D eigenvalue weighted by Crippen LogP contribution is -2.42. The van der Waals surface area contributed by atoms with Gasteiger partial charge in [-0.05, 0) is 56.2 Å². The number of hydrogen-bond acceptors (Lipinski definition) is 3. The lowest BCUT2D eigenvalue weighted by atomic mass is 9.77. The number of hydrogen-bond donors (Lipinski definition) is 2. The van der Waals surface area contributed by atoms with E-state index in [1.54, 1.807) is 12.1 Å². The van der Waals surface area contributed by atoms with E-state index in [9.17, 15) is 4.39 Å². The predicted octanol–water partition coefficient (Wildman–Crippen LogP) is 3.06. The summed E-state index contributed by atoms with van der Waals surface area (Å²) in [7, 11) is 0. The molecule has 1 aromatic carbocycles. The first-order valence-electron chi connectivity index (χ1n) is 7.14. The average molecular weight is 301 g/mol. The first-order valence-corrected chi connectivity index (χ1v) is 7.51. The van der Waals surface area contributed by atoms with Gasteiger partial charge in [0.05, 0.1) is 11.1 Å². The van der Waals surface area contributed by atoms with Crippen LogP contribution < -0.4 is 11.3 Å². The highest BCUT2D eigenvalue weighted by molar-refractivity contribution is 6.30. The Morgan fingerprint density at radius 2 is 2.25 bits per heavy atom. The fourth-order valence-electron chi connectivity index (χ4n) is 2.80. The molecule has 112 valence electrons. The van der Waals surface area contributed by atoms with Gasteiger partial charge < -0.3 is 4.74 Å². The van der Waals surface area contributed by atoms with Crippen molar-refractivity contribution < 1.29 is 9.13 Å². The van der Waals surface area contributed by atoms with Crippen LogP contribution in [0.3, 0.4) is 0 Å². The smallest absolute Gasteiger partial charge is 0.141 e. The minimum atomic E-state index is -0.383. The molecule has 0 heterocycles. The summed E-state index contributed by atoms with van der Waals surface area (Å²) in [5, 5.41) is 0.165. The van der Waals surface area contributed by atoms with Crippen LogP contribution >= 0.6 is 11.6 Å². The molecule has 1 aromatic rings. The number of nitrogens with two attached hydrogens (primary N) is 1. The van der Waals surface area contributed by atoms with Gasteiger partial charge in [-0.3, -0.25) is 11.3 Å². The Morgan fingerprint density at radius 3 is 2.85 bits per heavy atom. The summed E-state index contributed by atoms with van der Waals surface area (Å²) in [5.74, 6) is 5.89. The van der Waals surface area contributed by atoms with Gasteiger partial charge in [0, 0.05) is 12.6 Å². The van der Waals surface area contributed by atoms with Gasteiger partial charge in [0.25, 0.3) is 0 Å². The van der Waals surface area contributed by atoms with Crippen LogP contribution in [-0.2, 0) is 11.2 Å². The van der Waals surface area contributed by atoms with Gasteiger partial charge >= 0.3 is 0 Å². The van der Waals surface area contributed by atoms with Crippen molar-refractivity contribution in [2.75, 3.05) is 6.61 Å². The summed E-state index contributed by atoms with van der Waals surface area (Å²) in [5.41, 5.74) is 3.85. The van der Waals surface area contributed by atoms with Crippen LogP contribution in [0.25, 0.3) is 0 Å². The molecule has 1 unspecified atom stereocenters. The van der Waals surface area contributed by atoms with Crippen molar-refractivity contribution in [3.63, 3.8) is 0 Å². The Labute approximate surface area is 124 Å². The zero-order chi connectivity index (χ0) is 14.5. The minimum Gasteiger partial charge on any atom is -0.378 e. The molecule has 0 aliphatic heterocycles. The van der Waals surface area contributed by atoms with Gasteiger partial charge in [0.1, 0.15) is 5.82 Å². The van der Waals surface area contributed by atoms with Crippen molar-refractivity contribution in [3.8, 4) is 0 Å². The third-order valence-corrected chi connectivity index (χ3v) is 4.20. The molecular formula is C15H22ClFN2O. The van der Waals surface area contributed by atoms with Crippen LogP contribution in [0.4, 0.5) is 4.39 Å². The van der Waals surface area contributed by atoms with Crippen LogP contribution in [0.1, 0.15) is 31.7 Å². The minimum absolute atomic E-state index is 0.165. The van der Waals surface area contributed by atoms with Crippen molar-refractivity contribution in [2.24, 2.45) is 11.8 Å². The van der Waals surface area contributed by atoms with Gasteiger partial charge in [-0.15, -0.1) is 0 Å². The zero-order valence-electron chi connectivity index (χ0n) is 11.7. The fraction of sp³-hybridized carbons (Fsp3) is 0.600. The lowest BCUT2D eigenvalue weighted by Gasteiger charge is -2.37. The van der Waals surface area contributed by atoms with Gasteiger partial charge in [0.15, 0.2) is 0 Å². The predicted molar refractivity (Wildman–Crippen MR) is 79.0 cm³/mol. The normalized spacial score (nSPS) is 23.4. The second-order valence-electron chi connectivity index (χ2n) is 5.47. The molecule has 1 saturated carbocycles. The quantitative estimate of drug-likeness (QED) is 0.601. The van der Waals surface area contributed by atoms with E-state index in [1.165, 1.54) is 6.07 Å². The van der Waals surface area contributed by atoms with Crippen LogP contribution in [0.15, 0.2) is 18.2 Å². The Kier molecular flexibility index (Phi) is 5.78. The van der Waals surface area contributed by atoms with Gasteiger partial charge in [0.2, 0.25) is 0 Å². The highest BCUT2D eigenvalue weighted by Crippen LogP contribution is 2.34. The molecule has 1 atom stereocenters. The van der Waals surface area contributed by atoms with Crippen molar-refractivity contribution in [1.82, 2.24) is 5.43 Å². The van der Waals surface area contributed by atoms with Crippen LogP contribution in [0.2, 0.25) is 5.02 Å². The summed E-state index contributed by atoms with van der Waals surface area (Å²) in [6.45, 7) is 2.81. The number of halogens is 2. The molecule has 0 bridgehead atoms. The van der Waals surface area contributed by atoms with Crippen molar-refractivity contribution in [1.29, 1.82) is 0 Å². The van der Waals surface area contributed by atoms with E-state index in [1.807, 2.05) is 6.92 Å². The number of ether oxygens (including phenoxy) is 1. The molecule has 0 saturated heterocycles. The van der Waals surface area contributed by atoms with E-state index in [0.717, 1.165) is 37.9 Å². The summed E-state index contributed by atoms with van der Waals surface area (Å²) in [6.07, 6.45) is 4.40. The standard InChI is InChI=1S/C15H22ClFN2O/c1-2-20-13-7-11(8-13)6-12(19-18)5-10-3-4-15(17)14(16)9-10/h3-4,9,11-13,19H,2,5-8,18H2,1H3. The number of nitrogens with one attached hydrogen (secondary N) is 1. The molecule has 0 radical (unpaired) electrons. The van der Waals surface area contributed by atoms with Gasteiger partial charge in [-0.25, -0.2) is 4.39 Å². The molecule has 3 N–H and O–H groups in total. The molecule has 2 rings (SSSR count). The Bertz CT molecular complexity index is 438. The first kappa shape index (κ1) is 15.7. The molecule has 0 amide bonds. The van der Waals surface area contributed by atoms with Crippen molar-refractivity contribution in [3.05, 3.63) is 34.6 Å². The number of hydrazine groups is 1. The third kappa shape index (κ3) is 4.16. The van der Waals surface area contributed by atoms with E-state index in [-0.39, 0.29) is 16.9 Å². The van der Waals surface area contributed by atoms with Crippen LogP contribution in [0, 0.1) is 11.7 Å². The van der Waals surface area contributed by atoms with E-state index >= 15 is 0 Å². The van der Waals surface area contributed by atoms with Crippen LogP contribution in [-0.4, -0.2) is 18.8 Å². The number of rotatable bonds is 7. The van der Waals surface area contributed by atoms with Crippen LogP contribution in [0.5, 0.6) is 0 Å². The van der Waals surface area contributed by atoms with Crippen molar-refractivity contribution in [2.45, 2.75) is 44.8 Å². The largest absolute Gasteiger partial charge is 0.378 e. The maximum Gasteiger partial charge on any atom is 0.141 e. The molecule has 0 aromatic heterocycles. The zero-order valence-corrected chi connectivity index (χ0v) is 12.5. The monoisotopic (exact) mass is 300 g/mol.